The van der Waals surface area contributed by atoms with Gasteiger partial charge in [0.25, 0.3) is 0 Å². The molecule has 1 fully saturated rings. The molecule has 0 unspecified atom stereocenters. The Hall–Kier alpha value is -1.62. The summed E-state index contributed by atoms with van der Waals surface area (Å²) in [5.41, 5.74) is -0.167. The van der Waals surface area contributed by atoms with Gasteiger partial charge in [0.1, 0.15) is 5.82 Å². The Morgan fingerprint density at radius 1 is 1.41 bits per heavy atom. The molecule has 1 aliphatic rings. The average molecular weight is 308 g/mol. The van der Waals surface area contributed by atoms with Crippen molar-refractivity contribution < 1.29 is 14.3 Å². The van der Waals surface area contributed by atoms with Crippen LogP contribution in [-0.4, -0.2) is 23.3 Å². The lowest BCUT2D eigenvalue weighted by Crippen LogP contribution is -2.58. The molecule has 1 saturated carbocycles. The van der Waals surface area contributed by atoms with Gasteiger partial charge in [0.2, 0.25) is 0 Å². The Kier molecular flexibility index (Phi) is 4.75. The van der Waals surface area contributed by atoms with E-state index in [2.05, 4.69) is 31.4 Å². The van der Waals surface area contributed by atoms with Crippen LogP contribution < -0.4 is 10.6 Å². The van der Waals surface area contributed by atoms with Gasteiger partial charge in [-0.25, -0.2) is 9.18 Å². The second-order valence-corrected chi connectivity index (χ2v) is 7.38. The van der Waals surface area contributed by atoms with Gasteiger partial charge in [-0.1, -0.05) is 26.8 Å². The molecule has 3 N–H and O–H groups in total. The van der Waals surface area contributed by atoms with Crippen LogP contribution in [0.5, 0.6) is 0 Å². The molecule has 122 valence electrons. The number of aliphatic hydroxyl groups is 1. The maximum Gasteiger partial charge on any atom is 0.319 e. The van der Waals surface area contributed by atoms with Gasteiger partial charge in [-0.3, -0.25) is 0 Å². The summed E-state index contributed by atoms with van der Waals surface area (Å²) in [6.07, 6.45) is 2.53. The van der Waals surface area contributed by atoms with Crippen molar-refractivity contribution in [2.24, 2.45) is 11.3 Å². The van der Waals surface area contributed by atoms with E-state index in [1.54, 1.807) is 12.1 Å². The van der Waals surface area contributed by atoms with Crippen molar-refractivity contribution in [2.75, 3.05) is 11.9 Å². The molecule has 2 amide bonds. The van der Waals surface area contributed by atoms with Crippen LogP contribution in [-0.2, 0) is 0 Å². The summed E-state index contributed by atoms with van der Waals surface area (Å²) in [5, 5.41) is 15.4. The Morgan fingerprint density at radius 3 is 2.73 bits per heavy atom. The second kappa shape index (κ2) is 6.24. The summed E-state index contributed by atoms with van der Waals surface area (Å²) < 4.78 is 13.2. The summed E-state index contributed by atoms with van der Waals surface area (Å²) in [6.45, 7) is 6.34. The Bertz CT molecular complexity index is 547. The molecule has 2 rings (SSSR count). The lowest BCUT2D eigenvalue weighted by Gasteiger charge is -2.47. The molecule has 1 aromatic carbocycles. The van der Waals surface area contributed by atoms with E-state index in [1.165, 1.54) is 12.1 Å². The van der Waals surface area contributed by atoms with Gasteiger partial charge in [0.05, 0.1) is 12.1 Å². The predicted octanol–water partition coefficient (Wildman–Crippen LogP) is 3.52. The third-order valence-electron chi connectivity index (χ3n) is 4.22. The van der Waals surface area contributed by atoms with Gasteiger partial charge in [-0.2, -0.15) is 0 Å². The van der Waals surface area contributed by atoms with Crippen LogP contribution in [0.4, 0.5) is 14.9 Å². The maximum atomic E-state index is 13.2. The van der Waals surface area contributed by atoms with Gasteiger partial charge in [-0.15, -0.1) is 0 Å². The van der Waals surface area contributed by atoms with E-state index >= 15 is 0 Å². The first-order valence-corrected chi connectivity index (χ1v) is 7.69. The largest absolute Gasteiger partial charge is 0.394 e. The number of halogens is 1. The molecule has 1 aromatic rings. The molecule has 0 aromatic heterocycles. The number of rotatable bonds is 3. The predicted molar refractivity (Wildman–Crippen MR) is 85.2 cm³/mol. The molecule has 0 bridgehead atoms. The molecule has 0 saturated heterocycles. The number of amides is 2. The molecular formula is C17H25FN2O2. The molecule has 2 atom stereocenters. The van der Waals surface area contributed by atoms with Crippen molar-refractivity contribution in [3.63, 3.8) is 0 Å². The number of hydrogen-bond acceptors (Lipinski definition) is 2. The molecular weight excluding hydrogens is 283 g/mol. The fourth-order valence-corrected chi connectivity index (χ4v) is 3.97. The van der Waals surface area contributed by atoms with E-state index in [1.807, 2.05) is 0 Å². The van der Waals surface area contributed by atoms with Gasteiger partial charge in [0, 0.05) is 5.69 Å². The summed E-state index contributed by atoms with van der Waals surface area (Å²) >= 11 is 0. The van der Waals surface area contributed by atoms with Crippen molar-refractivity contribution >= 4 is 11.7 Å². The first kappa shape index (κ1) is 16.7. The van der Waals surface area contributed by atoms with E-state index in [0.29, 0.717) is 11.6 Å². The van der Waals surface area contributed by atoms with Gasteiger partial charge in [0.15, 0.2) is 0 Å². The molecule has 1 aliphatic carbocycles. The SMILES string of the molecule is C[C@H]1CC(C)(C)C[C@](CO)(NC(=O)Nc2cccc(F)c2)C1. The third-order valence-corrected chi connectivity index (χ3v) is 4.22. The normalized spacial score (nSPS) is 27.2. The first-order chi connectivity index (χ1) is 10.2. The smallest absolute Gasteiger partial charge is 0.319 e. The number of anilines is 1. The minimum atomic E-state index is -0.626. The molecule has 0 radical (unpaired) electrons. The number of urea groups is 1. The minimum absolute atomic E-state index is 0.0620. The Labute approximate surface area is 131 Å². The number of hydrogen-bond donors (Lipinski definition) is 3. The van der Waals surface area contributed by atoms with Crippen molar-refractivity contribution in [3.05, 3.63) is 30.1 Å². The average Bonchev–Trinajstić information content (AvgIpc) is 2.35. The standard InChI is InChI=1S/C17H25FN2O2/c1-12-8-16(2,3)10-17(9-12,11-21)20-15(22)19-14-6-4-5-13(18)7-14/h4-7,12,21H,8-11H2,1-3H3,(H2,19,20,22)/t12-,17+/m0/s1. The highest BCUT2D eigenvalue weighted by Gasteiger charge is 2.43. The first-order valence-electron chi connectivity index (χ1n) is 7.69. The number of nitrogens with one attached hydrogen (secondary N) is 2. The summed E-state index contributed by atoms with van der Waals surface area (Å²) in [6, 6.07) is 5.34. The minimum Gasteiger partial charge on any atom is -0.394 e. The van der Waals surface area contributed by atoms with Crippen molar-refractivity contribution in [1.82, 2.24) is 5.32 Å². The molecule has 22 heavy (non-hydrogen) atoms. The highest BCUT2D eigenvalue weighted by atomic mass is 19.1. The fourth-order valence-electron chi connectivity index (χ4n) is 3.97. The quantitative estimate of drug-likeness (QED) is 0.800. The van der Waals surface area contributed by atoms with E-state index in [0.717, 1.165) is 19.3 Å². The molecule has 0 heterocycles. The lowest BCUT2D eigenvalue weighted by molar-refractivity contribution is 0.0446. The van der Waals surface area contributed by atoms with Gasteiger partial charge < -0.3 is 15.7 Å². The number of carbonyl (C=O) groups excluding carboxylic acids is 1. The van der Waals surface area contributed by atoms with Gasteiger partial charge in [-0.05, 0) is 48.8 Å². The van der Waals surface area contributed by atoms with Crippen molar-refractivity contribution in [3.8, 4) is 0 Å². The van der Waals surface area contributed by atoms with Crippen LogP contribution in [0.25, 0.3) is 0 Å². The zero-order valence-electron chi connectivity index (χ0n) is 13.4. The molecule has 5 heteroatoms. The van der Waals surface area contributed by atoms with Crippen LogP contribution in [0.3, 0.4) is 0 Å². The third kappa shape index (κ3) is 4.19. The van der Waals surface area contributed by atoms with Gasteiger partial charge >= 0.3 is 6.03 Å². The topological polar surface area (TPSA) is 61.4 Å². The Morgan fingerprint density at radius 2 is 2.14 bits per heavy atom. The fraction of sp³-hybridized carbons (Fsp3) is 0.588. The number of carbonyl (C=O) groups is 1. The van der Waals surface area contributed by atoms with Crippen molar-refractivity contribution in [2.45, 2.75) is 45.6 Å². The van der Waals surface area contributed by atoms with E-state index in [9.17, 15) is 14.3 Å². The van der Waals surface area contributed by atoms with Crippen LogP contribution in [0.1, 0.15) is 40.0 Å². The van der Waals surface area contributed by atoms with Crippen molar-refractivity contribution in [1.29, 1.82) is 0 Å². The van der Waals surface area contributed by atoms with Crippen LogP contribution >= 0.6 is 0 Å². The highest BCUT2D eigenvalue weighted by molar-refractivity contribution is 5.89. The summed E-state index contributed by atoms with van der Waals surface area (Å²) in [7, 11) is 0. The van der Waals surface area contributed by atoms with E-state index in [-0.39, 0.29) is 12.0 Å². The number of benzene rings is 1. The molecule has 4 nitrogen and oxygen atoms in total. The zero-order chi connectivity index (χ0) is 16.4. The summed E-state index contributed by atoms with van der Waals surface area (Å²) in [5.74, 6) is 0.0208. The van der Waals surface area contributed by atoms with Crippen LogP contribution in [0, 0.1) is 17.2 Å². The highest BCUT2D eigenvalue weighted by Crippen LogP contribution is 2.43. The second-order valence-electron chi connectivity index (χ2n) is 7.38. The molecule has 0 aliphatic heterocycles. The Balaban J connectivity index is 2.07. The maximum absolute atomic E-state index is 13.2. The van der Waals surface area contributed by atoms with E-state index < -0.39 is 17.4 Å². The van der Waals surface area contributed by atoms with Crippen LogP contribution in [0.2, 0.25) is 0 Å². The monoisotopic (exact) mass is 308 g/mol. The zero-order valence-corrected chi connectivity index (χ0v) is 13.4. The van der Waals surface area contributed by atoms with E-state index in [4.69, 9.17) is 0 Å². The number of aliphatic hydroxyl groups excluding tert-OH is 1. The molecule has 0 spiro atoms. The summed E-state index contributed by atoms with van der Waals surface area (Å²) in [4.78, 5) is 12.2. The van der Waals surface area contributed by atoms with Crippen LogP contribution in [0.15, 0.2) is 24.3 Å². The lowest BCUT2D eigenvalue weighted by atomic mass is 9.64.